The van der Waals surface area contributed by atoms with Gasteiger partial charge in [-0.15, -0.1) is 10.2 Å². The van der Waals surface area contributed by atoms with Gasteiger partial charge in [-0.1, -0.05) is 23.2 Å². The van der Waals surface area contributed by atoms with E-state index in [0.717, 1.165) is 5.56 Å². The minimum atomic E-state index is -0.0776. The van der Waals surface area contributed by atoms with Crippen LogP contribution in [-0.2, 0) is 0 Å². The van der Waals surface area contributed by atoms with Crippen molar-refractivity contribution >= 4 is 23.2 Å². The van der Waals surface area contributed by atoms with Gasteiger partial charge in [0.25, 0.3) is 0 Å². The predicted octanol–water partition coefficient (Wildman–Crippen LogP) is 3.03. The van der Waals surface area contributed by atoms with Gasteiger partial charge in [-0.25, -0.2) is 0 Å². The molecule has 20 heavy (non-hydrogen) atoms. The van der Waals surface area contributed by atoms with Gasteiger partial charge in [0.1, 0.15) is 0 Å². The highest BCUT2D eigenvalue weighted by Gasteiger charge is 2.19. The normalized spacial score (nSPS) is 12.9. The van der Waals surface area contributed by atoms with E-state index in [9.17, 15) is 0 Å². The van der Waals surface area contributed by atoms with Gasteiger partial charge in [0, 0.05) is 12.1 Å². The summed E-state index contributed by atoms with van der Waals surface area (Å²) in [6.45, 7) is 2.54. The molecule has 1 aromatic carbocycles. The maximum Gasteiger partial charge on any atom is 0.247 e. The van der Waals surface area contributed by atoms with Crippen LogP contribution >= 0.6 is 23.2 Å². The predicted molar refractivity (Wildman–Crippen MR) is 77.9 cm³/mol. The highest BCUT2D eigenvalue weighted by Crippen LogP contribution is 2.29. The van der Waals surface area contributed by atoms with Crippen molar-refractivity contribution in [3.05, 3.63) is 34.1 Å². The molecule has 1 atom stereocenters. The van der Waals surface area contributed by atoms with Gasteiger partial charge >= 0.3 is 0 Å². The first-order valence-corrected chi connectivity index (χ1v) is 6.88. The number of aliphatic hydroxyl groups is 1. The Hall–Kier alpha value is -1.14. The summed E-state index contributed by atoms with van der Waals surface area (Å²) in [5.74, 6) is 0.879. The topological polar surface area (TPSA) is 62.4 Å². The molecule has 2 rings (SSSR count). The Balaban J connectivity index is 2.22. The SMILES string of the molecule is CC(c1nnc(-c2ccc(Cl)c(Cl)c2)o1)N(C)CCO. The van der Waals surface area contributed by atoms with E-state index < -0.39 is 0 Å². The van der Waals surface area contributed by atoms with Gasteiger partial charge in [-0.2, -0.15) is 0 Å². The van der Waals surface area contributed by atoms with Crippen molar-refractivity contribution in [1.29, 1.82) is 0 Å². The average molecular weight is 316 g/mol. The van der Waals surface area contributed by atoms with E-state index in [-0.39, 0.29) is 12.6 Å². The lowest BCUT2D eigenvalue weighted by Crippen LogP contribution is -2.25. The third-order valence-corrected chi connectivity index (χ3v) is 3.82. The van der Waals surface area contributed by atoms with Crippen LogP contribution in [0.1, 0.15) is 18.9 Å². The van der Waals surface area contributed by atoms with Gasteiger partial charge in [0.05, 0.1) is 22.7 Å². The molecule has 0 radical (unpaired) electrons. The van der Waals surface area contributed by atoms with Crippen molar-refractivity contribution in [2.45, 2.75) is 13.0 Å². The molecule has 0 bridgehead atoms. The summed E-state index contributed by atoms with van der Waals surface area (Å²) in [7, 11) is 1.88. The van der Waals surface area contributed by atoms with Crippen LogP contribution < -0.4 is 0 Å². The van der Waals surface area contributed by atoms with Gasteiger partial charge in [0.2, 0.25) is 11.8 Å². The fourth-order valence-corrected chi connectivity index (χ4v) is 1.99. The zero-order valence-electron chi connectivity index (χ0n) is 11.2. The number of likely N-dealkylation sites (N-methyl/N-ethyl adjacent to an activating group) is 1. The lowest BCUT2D eigenvalue weighted by atomic mass is 10.2. The Morgan fingerprint density at radius 1 is 1.30 bits per heavy atom. The molecule has 0 fully saturated rings. The van der Waals surface area contributed by atoms with Crippen molar-refractivity contribution < 1.29 is 9.52 Å². The summed E-state index contributed by atoms with van der Waals surface area (Å²) in [6, 6.07) is 5.06. The second-order valence-electron chi connectivity index (χ2n) is 4.45. The summed E-state index contributed by atoms with van der Waals surface area (Å²) >= 11 is 11.8. The largest absolute Gasteiger partial charge is 0.419 e. The number of hydrogen-bond donors (Lipinski definition) is 1. The number of nitrogens with zero attached hydrogens (tertiary/aromatic N) is 3. The molecular weight excluding hydrogens is 301 g/mol. The fourth-order valence-electron chi connectivity index (χ4n) is 1.69. The second kappa shape index (κ2) is 6.54. The minimum absolute atomic E-state index is 0.0776. The van der Waals surface area contributed by atoms with E-state index in [1.165, 1.54) is 0 Å². The van der Waals surface area contributed by atoms with Crippen LogP contribution in [0.15, 0.2) is 22.6 Å². The Morgan fingerprint density at radius 2 is 2.05 bits per heavy atom. The maximum absolute atomic E-state index is 8.94. The van der Waals surface area contributed by atoms with E-state index in [1.54, 1.807) is 18.2 Å². The standard InChI is InChI=1S/C13H15Cl2N3O2/c1-8(18(2)5-6-19)12-16-17-13(20-12)9-3-4-10(14)11(15)7-9/h3-4,7-8,19H,5-6H2,1-2H3. The molecule has 0 aliphatic rings. The van der Waals surface area contributed by atoms with E-state index in [1.807, 2.05) is 18.9 Å². The van der Waals surface area contributed by atoms with Gasteiger partial charge in [-0.3, -0.25) is 4.90 Å². The van der Waals surface area contributed by atoms with E-state index in [4.69, 9.17) is 32.7 Å². The molecule has 2 aromatic rings. The Morgan fingerprint density at radius 3 is 2.70 bits per heavy atom. The van der Waals surface area contributed by atoms with Crippen LogP contribution in [0.25, 0.3) is 11.5 Å². The molecule has 0 saturated heterocycles. The lowest BCUT2D eigenvalue weighted by Gasteiger charge is -2.20. The zero-order chi connectivity index (χ0) is 14.7. The van der Waals surface area contributed by atoms with Crippen LogP contribution in [0, 0.1) is 0 Å². The number of hydrogen-bond acceptors (Lipinski definition) is 5. The number of aliphatic hydroxyl groups excluding tert-OH is 1. The smallest absolute Gasteiger partial charge is 0.247 e. The highest BCUT2D eigenvalue weighted by molar-refractivity contribution is 6.42. The second-order valence-corrected chi connectivity index (χ2v) is 5.27. The van der Waals surface area contributed by atoms with E-state index in [2.05, 4.69) is 10.2 Å². The Labute approximate surface area is 127 Å². The Bertz CT molecular complexity index is 589. The van der Waals surface area contributed by atoms with Gasteiger partial charge < -0.3 is 9.52 Å². The zero-order valence-corrected chi connectivity index (χ0v) is 12.7. The highest BCUT2D eigenvalue weighted by atomic mass is 35.5. The summed E-state index contributed by atoms with van der Waals surface area (Å²) in [5.41, 5.74) is 0.718. The number of benzene rings is 1. The van der Waals surface area contributed by atoms with Crippen LogP contribution in [0.2, 0.25) is 10.0 Å². The minimum Gasteiger partial charge on any atom is -0.419 e. The van der Waals surface area contributed by atoms with Crippen LogP contribution in [0.5, 0.6) is 0 Å². The van der Waals surface area contributed by atoms with Crippen molar-refractivity contribution in [1.82, 2.24) is 15.1 Å². The molecule has 108 valence electrons. The third kappa shape index (κ3) is 3.30. The number of rotatable bonds is 5. The molecule has 0 saturated carbocycles. The van der Waals surface area contributed by atoms with Gasteiger partial charge in [0.15, 0.2) is 0 Å². The average Bonchev–Trinajstić information content (AvgIpc) is 2.91. The quantitative estimate of drug-likeness (QED) is 0.918. The molecule has 1 unspecified atom stereocenters. The summed E-state index contributed by atoms with van der Waals surface area (Å²) < 4.78 is 5.65. The number of aromatic nitrogens is 2. The fraction of sp³-hybridized carbons (Fsp3) is 0.385. The van der Waals surface area contributed by atoms with Crippen LogP contribution in [0.3, 0.4) is 0 Å². The van der Waals surface area contributed by atoms with Gasteiger partial charge in [-0.05, 0) is 32.2 Å². The van der Waals surface area contributed by atoms with E-state index in [0.29, 0.717) is 28.4 Å². The van der Waals surface area contributed by atoms with Crippen molar-refractivity contribution in [3.8, 4) is 11.5 Å². The Kier molecular flexibility index (Phi) is 4.99. The molecule has 0 spiro atoms. The first-order valence-electron chi connectivity index (χ1n) is 6.13. The van der Waals surface area contributed by atoms with Crippen molar-refractivity contribution in [2.24, 2.45) is 0 Å². The molecular formula is C13H15Cl2N3O2. The molecule has 5 nitrogen and oxygen atoms in total. The molecule has 0 aliphatic heterocycles. The third-order valence-electron chi connectivity index (χ3n) is 3.08. The number of halogens is 2. The van der Waals surface area contributed by atoms with Crippen LogP contribution in [0.4, 0.5) is 0 Å². The molecule has 0 amide bonds. The van der Waals surface area contributed by atoms with E-state index >= 15 is 0 Å². The van der Waals surface area contributed by atoms with Crippen molar-refractivity contribution in [3.63, 3.8) is 0 Å². The molecule has 1 aromatic heterocycles. The van der Waals surface area contributed by atoms with Crippen LogP contribution in [-0.4, -0.2) is 40.4 Å². The molecule has 7 heteroatoms. The summed E-state index contributed by atoms with van der Waals surface area (Å²) in [6.07, 6.45) is 0. The van der Waals surface area contributed by atoms with Crippen molar-refractivity contribution in [2.75, 3.05) is 20.2 Å². The summed E-state index contributed by atoms with van der Waals surface area (Å²) in [5, 5.41) is 17.9. The first-order chi connectivity index (χ1) is 9.52. The monoisotopic (exact) mass is 315 g/mol. The maximum atomic E-state index is 8.94. The molecule has 1 N–H and O–H groups in total. The molecule has 1 heterocycles. The lowest BCUT2D eigenvalue weighted by molar-refractivity contribution is 0.172. The first kappa shape index (κ1) is 15.3. The molecule has 0 aliphatic carbocycles. The summed E-state index contributed by atoms with van der Waals surface area (Å²) in [4.78, 5) is 1.92.